The third-order valence-electron chi connectivity index (χ3n) is 4.54. The summed E-state index contributed by atoms with van der Waals surface area (Å²) in [6, 6.07) is 18.9. The van der Waals surface area contributed by atoms with Gasteiger partial charge in [0.2, 0.25) is 0 Å². The molecule has 0 radical (unpaired) electrons. The molecule has 0 aromatic heterocycles. The largest absolute Gasteiger partial charge is 0.388 e. The number of rotatable bonds is 4. The molecular weight excluding hydrogens is 244 g/mol. The van der Waals surface area contributed by atoms with E-state index < -0.39 is 0 Å². The summed E-state index contributed by atoms with van der Waals surface area (Å²) in [5.74, 6) is 0.419. The maximum atomic E-state index is 10.4. The molecule has 0 saturated heterocycles. The second-order valence-electron chi connectivity index (χ2n) is 6.65. The summed E-state index contributed by atoms with van der Waals surface area (Å²) in [6.45, 7) is 4.45. The Labute approximate surface area is 121 Å². The van der Waals surface area contributed by atoms with Crippen molar-refractivity contribution in [3.63, 3.8) is 0 Å². The molecule has 3 rings (SSSR count). The van der Waals surface area contributed by atoms with E-state index in [1.807, 2.05) is 6.07 Å². The van der Waals surface area contributed by atoms with E-state index >= 15 is 0 Å². The summed E-state index contributed by atoms with van der Waals surface area (Å²) >= 11 is 0. The van der Waals surface area contributed by atoms with Crippen LogP contribution in [0.4, 0.5) is 0 Å². The highest BCUT2D eigenvalue weighted by Gasteiger charge is 2.50. The van der Waals surface area contributed by atoms with Crippen LogP contribution in [0.3, 0.4) is 0 Å². The molecule has 0 aliphatic heterocycles. The van der Waals surface area contributed by atoms with Crippen molar-refractivity contribution >= 4 is 0 Å². The molecule has 1 aliphatic rings. The first kappa shape index (κ1) is 13.4. The zero-order chi connectivity index (χ0) is 14.2. The van der Waals surface area contributed by atoms with Crippen molar-refractivity contribution < 1.29 is 5.11 Å². The zero-order valence-electron chi connectivity index (χ0n) is 12.2. The lowest BCUT2D eigenvalue weighted by atomic mass is 9.97. The number of benzene rings is 2. The van der Waals surface area contributed by atoms with E-state index in [9.17, 15) is 5.11 Å². The van der Waals surface area contributed by atoms with Crippen LogP contribution in [0.25, 0.3) is 0 Å². The Morgan fingerprint density at radius 2 is 1.55 bits per heavy atom. The first-order valence-electron chi connectivity index (χ1n) is 7.37. The van der Waals surface area contributed by atoms with Crippen LogP contribution in [-0.4, -0.2) is 5.11 Å². The van der Waals surface area contributed by atoms with Crippen molar-refractivity contribution in [3.8, 4) is 0 Å². The molecular formula is C19H22O. The molecule has 0 amide bonds. The molecule has 1 fully saturated rings. The van der Waals surface area contributed by atoms with Crippen molar-refractivity contribution in [2.24, 2.45) is 11.3 Å². The average Bonchev–Trinajstić information content (AvgIpc) is 3.09. The van der Waals surface area contributed by atoms with E-state index in [2.05, 4.69) is 62.4 Å². The monoisotopic (exact) mass is 266 g/mol. The first-order chi connectivity index (χ1) is 9.56. The smallest absolute Gasteiger partial charge is 0.0823 e. The predicted molar refractivity (Wildman–Crippen MR) is 82.5 cm³/mol. The molecule has 1 nitrogen and oxygen atoms in total. The normalized spacial score (nSPS) is 21.4. The van der Waals surface area contributed by atoms with E-state index in [-0.39, 0.29) is 6.10 Å². The molecule has 104 valence electrons. The molecule has 2 aromatic rings. The SMILES string of the molecule is CC1(C)CC1C(O)c1ccc(Cc2ccccc2)cc1. The second-order valence-corrected chi connectivity index (χ2v) is 6.65. The molecule has 0 bridgehead atoms. The van der Waals surface area contributed by atoms with Gasteiger partial charge in [-0.3, -0.25) is 0 Å². The Morgan fingerprint density at radius 3 is 2.10 bits per heavy atom. The minimum atomic E-state index is -0.309. The molecule has 1 aliphatic carbocycles. The fraction of sp³-hybridized carbons (Fsp3) is 0.368. The molecule has 1 N–H and O–H groups in total. The highest BCUT2D eigenvalue weighted by Crippen LogP contribution is 2.57. The second kappa shape index (κ2) is 5.06. The van der Waals surface area contributed by atoms with Crippen LogP contribution in [0.15, 0.2) is 54.6 Å². The number of hydrogen-bond acceptors (Lipinski definition) is 1. The summed E-state index contributed by atoms with van der Waals surface area (Å²) in [7, 11) is 0. The Balaban J connectivity index is 1.69. The number of aliphatic hydroxyl groups is 1. The molecule has 0 spiro atoms. The lowest BCUT2D eigenvalue weighted by Crippen LogP contribution is -2.04. The van der Waals surface area contributed by atoms with Gasteiger partial charge in [-0.15, -0.1) is 0 Å². The van der Waals surface area contributed by atoms with Crippen LogP contribution in [0.5, 0.6) is 0 Å². The predicted octanol–water partition coefficient (Wildman–Crippen LogP) is 4.36. The number of aliphatic hydroxyl groups excluding tert-OH is 1. The van der Waals surface area contributed by atoms with Crippen LogP contribution in [0.2, 0.25) is 0 Å². The minimum absolute atomic E-state index is 0.308. The highest BCUT2D eigenvalue weighted by atomic mass is 16.3. The maximum absolute atomic E-state index is 10.4. The van der Waals surface area contributed by atoms with Gasteiger partial charge in [-0.2, -0.15) is 0 Å². The Morgan fingerprint density at radius 1 is 1.00 bits per heavy atom. The van der Waals surface area contributed by atoms with Gasteiger partial charge in [0, 0.05) is 0 Å². The first-order valence-corrected chi connectivity index (χ1v) is 7.37. The maximum Gasteiger partial charge on any atom is 0.0823 e. The highest BCUT2D eigenvalue weighted by molar-refractivity contribution is 5.30. The van der Waals surface area contributed by atoms with Crippen LogP contribution in [0.1, 0.15) is 43.1 Å². The molecule has 1 heteroatoms. The van der Waals surface area contributed by atoms with Crippen LogP contribution < -0.4 is 0 Å². The van der Waals surface area contributed by atoms with E-state index in [0.29, 0.717) is 11.3 Å². The fourth-order valence-corrected chi connectivity index (χ4v) is 2.94. The van der Waals surface area contributed by atoms with Crippen molar-refractivity contribution in [3.05, 3.63) is 71.3 Å². The lowest BCUT2D eigenvalue weighted by molar-refractivity contribution is 0.138. The van der Waals surface area contributed by atoms with Gasteiger partial charge in [0.15, 0.2) is 0 Å². The molecule has 2 atom stereocenters. The summed E-state index contributed by atoms with van der Waals surface area (Å²) < 4.78 is 0. The summed E-state index contributed by atoms with van der Waals surface area (Å²) in [4.78, 5) is 0. The van der Waals surface area contributed by atoms with Gasteiger partial charge in [-0.25, -0.2) is 0 Å². The van der Waals surface area contributed by atoms with Gasteiger partial charge < -0.3 is 5.11 Å². The number of hydrogen-bond donors (Lipinski definition) is 1. The molecule has 2 aromatic carbocycles. The van der Waals surface area contributed by atoms with Gasteiger partial charge in [0.1, 0.15) is 0 Å². The Hall–Kier alpha value is -1.60. The third kappa shape index (κ3) is 2.78. The average molecular weight is 266 g/mol. The fourth-order valence-electron chi connectivity index (χ4n) is 2.94. The molecule has 0 heterocycles. The van der Waals surface area contributed by atoms with Crippen molar-refractivity contribution in [2.75, 3.05) is 0 Å². The minimum Gasteiger partial charge on any atom is -0.388 e. The molecule has 20 heavy (non-hydrogen) atoms. The summed E-state index contributed by atoms with van der Waals surface area (Å²) in [5, 5.41) is 10.4. The topological polar surface area (TPSA) is 20.2 Å². The quantitative estimate of drug-likeness (QED) is 0.872. The van der Waals surface area contributed by atoms with Gasteiger partial charge in [-0.05, 0) is 40.9 Å². The third-order valence-corrected chi connectivity index (χ3v) is 4.54. The van der Waals surface area contributed by atoms with Gasteiger partial charge in [0.25, 0.3) is 0 Å². The van der Waals surface area contributed by atoms with Gasteiger partial charge in [0.05, 0.1) is 6.10 Å². The van der Waals surface area contributed by atoms with Crippen molar-refractivity contribution in [1.82, 2.24) is 0 Å². The molecule has 1 saturated carbocycles. The van der Waals surface area contributed by atoms with E-state index in [4.69, 9.17) is 0 Å². The summed E-state index contributed by atoms with van der Waals surface area (Å²) in [5.41, 5.74) is 3.98. The van der Waals surface area contributed by atoms with E-state index in [1.54, 1.807) is 0 Å². The van der Waals surface area contributed by atoms with E-state index in [0.717, 1.165) is 18.4 Å². The van der Waals surface area contributed by atoms with Crippen molar-refractivity contribution in [2.45, 2.75) is 32.8 Å². The lowest BCUT2D eigenvalue weighted by Gasteiger charge is -2.13. The molecule has 2 unspecified atom stereocenters. The summed E-state index contributed by atoms with van der Waals surface area (Å²) in [6.07, 6.45) is 1.77. The zero-order valence-corrected chi connectivity index (χ0v) is 12.2. The van der Waals surface area contributed by atoms with Gasteiger partial charge in [-0.1, -0.05) is 68.4 Å². The van der Waals surface area contributed by atoms with Gasteiger partial charge >= 0.3 is 0 Å². The van der Waals surface area contributed by atoms with Crippen LogP contribution >= 0.6 is 0 Å². The van der Waals surface area contributed by atoms with Crippen molar-refractivity contribution in [1.29, 1.82) is 0 Å². The Kier molecular flexibility index (Phi) is 3.39. The Bertz CT molecular complexity index is 568. The van der Waals surface area contributed by atoms with Crippen LogP contribution in [0, 0.1) is 11.3 Å². The van der Waals surface area contributed by atoms with E-state index in [1.165, 1.54) is 11.1 Å². The van der Waals surface area contributed by atoms with Crippen LogP contribution in [-0.2, 0) is 6.42 Å². The standard InChI is InChI=1S/C19H22O/c1-19(2)13-17(19)18(20)16-10-8-15(9-11-16)12-14-6-4-3-5-7-14/h3-11,17-18,20H,12-13H2,1-2H3.